The summed E-state index contributed by atoms with van der Waals surface area (Å²) in [5.74, 6) is 0.665. The third-order valence-corrected chi connectivity index (χ3v) is 8.43. The van der Waals surface area contributed by atoms with Crippen LogP contribution >= 0.6 is 0 Å². The molecule has 1 unspecified atom stereocenters. The smallest absolute Gasteiger partial charge is 0.420 e. The molecule has 0 radical (unpaired) electrons. The lowest BCUT2D eigenvalue weighted by Crippen LogP contribution is -2.53. The Morgan fingerprint density at radius 1 is 1.00 bits per heavy atom. The summed E-state index contributed by atoms with van der Waals surface area (Å²) in [4.78, 5) is 38.6. The van der Waals surface area contributed by atoms with Crippen molar-refractivity contribution in [3.63, 3.8) is 0 Å². The molecule has 5 rings (SSSR count). The zero-order chi connectivity index (χ0) is 31.0. The summed E-state index contributed by atoms with van der Waals surface area (Å²) in [5.41, 5.74) is 2.38. The Morgan fingerprint density at radius 2 is 1.70 bits per heavy atom. The lowest BCUT2D eigenvalue weighted by atomic mass is 9.79. The van der Waals surface area contributed by atoms with Gasteiger partial charge < -0.3 is 14.8 Å². The largest absolute Gasteiger partial charge is 0.444 e. The fourth-order valence-corrected chi connectivity index (χ4v) is 6.50. The number of hydrogen-bond acceptors (Lipinski definition) is 7. The molecule has 9 heteroatoms. The maximum Gasteiger partial charge on any atom is 0.420 e. The monoisotopic (exact) mass is 589 g/mol. The molecular weight excluding hydrogens is 542 g/mol. The van der Waals surface area contributed by atoms with Crippen LogP contribution in [0.25, 0.3) is 11.0 Å². The molecule has 0 spiro atoms. The van der Waals surface area contributed by atoms with Gasteiger partial charge >= 0.3 is 12.2 Å². The van der Waals surface area contributed by atoms with Crippen molar-refractivity contribution in [2.24, 2.45) is 0 Å². The van der Waals surface area contributed by atoms with Gasteiger partial charge in [-0.1, -0.05) is 18.2 Å². The van der Waals surface area contributed by atoms with Crippen LogP contribution < -0.4 is 5.32 Å². The van der Waals surface area contributed by atoms with E-state index in [9.17, 15) is 9.59 Å². The van der Waals surface area contributed by atoms with Gasteiger partial charge in [0.2, 0.25) is 0 Å². The van der Waals surface area contributed by atoms with Crippen LogP contribution in [0.5, 0.6) is 0 Å². The zero-order valence-electron chi connectivity index (χ0n) is 26.8. The Labute approximate surface area is 255 Å². The molecule has 1 N–H and O–H groups in total. The summed E-state index contributed by atoms with van der Waals surface area (Å²) < 4.78 is 13.1. The third-order valence-electron chi connectivity index (χ3n) is 8.43. The fourth-order valence-electron chi connectivity index (χ4n) is 6.50. The van der Waals surface area contributed by atoms with E-state index < -0.39 is 17.3 Å². The topological polar surface area (TPSA) is 98.6 Å². The second-order valence-electron chi connectivity index (χ2n) is 14.4. The van der Waals surface area contributed by atoms with E-state index in [1.165, 1.54) is 5.56 Å². The average molecular weight is 590 g/mol. The summed E-state index contributed by atoms with van der Waals surface area (Å²) >= 11 is 0. The Kier molecular flexibility index (Phi) is 8.58. The molecule has 2 aliphatic carbocycles. The second-order valence-corrected chi connectivity index (χ2v) is 14.4. The van der Waals surface area contributed by atoms with Crippen molar-refractivity contribution in [3.8, 4) is 0 Å². The summed E-state index contributed by atoms with van der Waals surface area (Å²) in [6, 6.07) is 12.3. The number of aryl methyl sites for hydroxylation is 1. The molecule has 9 nitrogen and oxygen atoms in total. The van der Waals surface area contributed by atoms with Crippen LogP contribution in [0.2, 0.25) is 0 Å². The first kappa shape index (κ1) is 31.0. The van der Waals surface area contributed by atoms with E-state index in [4.69, 9.17) is 19.4 Å². The predicted molar refractivity (Wildman–Crippen MR) is 167 cm³/mol. The van der Waals surface area contributed by atoms with Crippen LogP contribution in [0.1, 0.15) is 110 Å². The number of aromatic nitrogens is 3. The second kappa shape index (κ2) is 11.9. The highest BCUT2D eigenvalue weighted by Gasteiger charge is 2.40. The third kappa shape index (κ3) is 7.37. The first-order valence-electron chi connectivity index (χ1n) is 15.6. The van der Waals surface area contributed by atoms with E-state index in [0.29, 0.717) is 12.4 Å². The van der Waals surface area contributed by atoms with Crippen molar-refractivity contribution >= 4 is 23.2 Å². The molecule has 2 aliphatic rings. The number of carbonyl (C=O) groups is 2. The Bertz CT molecular complexity index is 1460. The van der Waals surface area contributed by atoms with E-state index in [2.05, 4.69) is 23.2 Å². The highest BCUT2D eigenvalue weighted by molar-refractivity contribution is 5.87. The van der Waals surface area contributed by atoms with Crippen LogP contribution in [-0.2, 0) is 22.4 Å². The minimum atomic E-state index is -0.638. The number of hydrogen-bond donors (Lipinski definition) is 1. The number of para-hydroxylation sites is 2. The number of nitrogens with one attached hydrogen (secondary N) is 1. The van der Waals surface area contributed by atoms with Gasteiger partial charge in [-0.15, -0.1) is 0 Å². The summed E-state index contributed by atoms with van der Waals surface area (Å²) in [6.45, 7) is 13.9. The molecule has 1 aromatic carbocycles. The molecule has 1 fully saturated rings. The lowest BCUT2D eigenvalue weighted by Gasteiger charge is -2.45. The molecule has 0 bridgehead atoms. The van der Waals surface area contributed by atoms with E-state index >= 15 is 0 Å². The number of pyridine rings is 1. The fraction of sp³-hybridized carbons (Fsp3) is 0.588. The van der Waals surface area contributed by atoms with Crippen LogP contribution in [0.4, 0.5) is 9.59 Å². The number of imidazole rings is 1. The Hall–Kier alpha value is -3.46. The van der Waals surface area contributed by atoms with Gasteiger partial charge in [0, 0.05) is 17.8 Å². The average Bonchev–Trinajstić information content (AvgIpc) is 3.28. The highest BCUT2D eigenvalue weighted by atomic mass is 16.6. The van der Waals surface area contributed by atoms with Gasteiger partial charge in [0.15, 0.2) is 0 Å². The molecule has 0 saturated heterocycles. The maximum absolute atomic E-state index is 13.6. The summed E-state index contributed by atoms with van der Waals surface area (Å²) in [7, 11) is 0. The summed E-state index contributed by atoms with van der Waals surface area (Å²) in [5, 5.41) is 3.15. The van der Waals surface area contributed by atoms with Gasteiger partial charge in [-0.05, 0) is 117 Å². The van der Waals surface area contributed by atoms with Crippen LogP contribution in [0.15, 0.2) is 42.6 Å². The molecule has 1 atom stereocenters. The predicted octanol–water partition coefficient (Wildman–Crippen LogP) is 7.32. The minimum absolute atomic E-state index is 0.102. The highest BCUT2D eigenvalue weighted by Crippen LogP contribution is 2.40. The molecule has 1 amide bonds. The number of benzene rings is 1. The van der Waals surface area contributed by atoms with Crippen molar-refractivity contribution in [1.82, 2.24) is 24.8 Å². The van der Waals surface area contributed by atoms with Gasteiger partial charge in [-0.2, -0.15) is 0 Å². The van der Waals surface area contributed by atoms with Gasteiger partial charge in [0.05, 0.1) is 29.3 Å². The Morgan fingerprint density at radius 3 is 2.40 bits per heavy atom. The van der Waals surface area contributed by atoms with Crippen molar-refractivity contribution in [3.05, 3.63) is 59.7 Å². The van der Waals surface area contributed by atoms with Crippen molar-refractivity contribution in [2.45, 2.75) is 129 Å². The number of amides is 1. The number of rotatable bonds is 5. The van der Waals surface area contributed by atoms with Crippen LogP contribution in [-0.4, -0.2) is 54.4 Å². The molecular formula is C34H47N5O4. The van der Waals surface area contributed by atoms with Crippen LogP contribution in [0.3, 0.4) is 0 Å². The van der Waals surface area contributed by atoms with E-state index in [0.717, 1.165) is 61.7 Å². The SMILES string of the molecule is CC1(NC(=O)OC(C)(C)C)CCC(N(Cc2nc3ccccc3n2C(=O)OC(C)(C)C)C2CCCc3cccnc32)CC1. The number of carbonyl (C=O) groups excluding carboxylic acids is 2. The number of alkyl carbamates (subject to hydrolysis) is 1. The molecule has 1 saturated carbocycles. The quantitative estimate of drug-likeness (QED) is 0.333. The maximum atomic E-state index is 13.6. The first-order chi connectivity index (χ1) is 20.2. The normalized spacial score (nSPS) is 22.7. The van der Waals surface area contributed by atoms with E-state index in [1.54, 1.807) is 4.57 Å². The van der Waals surface area contributed by atoms with Crippen LogP contribution in [0, 0.1) is 0 Å². The van der Waals surface area contributed by atoms with Crippen molar-refractivity contribution < 1.29 is 19.1 Å². The number of nitrogens with zero attached hydrogens (tertiary/aromatic N) is 4. The number of ether oxygens (including phenoxy) is 2. The van der Waals surface area contributed by atoms with Gasteiger partial charge in [0.1, 0.15) is 17.0 Å². The molecule has 43 heavy (non-hydrogen) atoms. The zero-order valence-corrected chi connectivity index (χ0v) is 26.8. The van der Waals surface area contributed by atoms with E-state index in [1.807, 2.05) is 78.1 Å². The molecule has 2 heterocycles. The number of fused-ring (bicyclic) bond motifs is 2. The molecule has 3 aromatic rings. The van der Waals surface area contributed by atoms with Gasteiger partial charge in [-0.3, -0.25) is 9.88 Å². The standard InChI is InChI=1S/C34H47N5O4/c1-32(2,3)42-30(40)37-34(7)19-17-24(18-20-34)38(27-16-10-12-23-13-11-21-35-29(23)27)22-28-36-25-14-8-9-15-26(25)39(28)31(41)43-33(4,5)6/h8-9,11,13-15,21,24,27H,10,12,16-20,22H2,1-7H3,(H,37,40). The summed E-state index contributed by atoms with van der Waals surface area (Å²) in [6.07, 6.45) is 7.58. The first-order valence-corrected chi connectivity index (χ1v) is 15.6. The van der Waals surface area contributed by atoms with Crippen molar-refractivity contribution in [2.75, 3.05) is 0 Å². The minimum Gasteiger partial charge on any atom is -0.444 e. The molecule has 0 aliphatic heterocycles. The van der Waals surface area contributed by atoms with Crippen molar-refractivity contribution in [1.29, 1.82) is 0 Å². The van der Waals surface area contributed by atoms with E-state index in [-0.39, 0.29) is 23.7 Å². The van der Waals surface area contributed by atoms with Gasteiger partial charge in [0.25, 0.3) is 0 Å². The molecule has 2 aromatic heterocycles. The lowest BCUT2D eigenvalue weighted by molar-refractivity contribution is 0.0325. The Balaban J connectivity index is 1.47. The molecule has 232 valence electrons. The van der Waals surface area contributed by atoms with Gasteiger partial charge in [-0.25, -0.2) is 19.1 Å².